The highest BCUT2D eigenvalue weighted by atomic mass is 32.2. The summed E-state index contributed by atoms with van der Waals surface area (Å²) in [6, 6.07) is 7.60. The Hall–Kier alpha value is -3.68. The highest BCUT2D eigenvalue weighted by molar-refractivity contribution is 8.14. The van der Waals surface area contributed by atoms with Crippen LogP contribution in [0, 0.1) is 5.41 Å². The first-order valence-electron chi connectivity index (χ1n) is 17.9. The number of amides is 2. The molecule has 61 heavy (non-hydrogen) atoms. The van der Waals surface area contributed by atoms with Gasteiger partial charge in [0.15, 0.2) is 17.7 Å². The zero-order valence-corrected chi connectivity index (χ0v) is 36.5. The Labute approximate surface area is 352 Å². The van der Waals surface area contributed by atoms with Gasteiger partial charge in [-0.05, 0) is 23.8 Å². The van der Waals surface area contributed by atoms with Crippen LogP contribution in [0.25, 0.3) is 17.2 Å². The molecule has 2 aromatic heterocycles. The van der Waals surface area contributed by atoms with Gasteiger partial charge in [0.25, 0.3) is 0 Å². The van der Waals surface area contributed by atoms with Gasteiger partial charge in [-0.1, -0.05) is 43.8 Å². The van der Waals surface area contributed by atoms with Crippen LogP contribution < -0.4 is 21.3 Å². The number of nitrogen functional groups attached to an aromatic ring is 1. The topological polar surface area (TPSA) is 367 Å². The standard InChI is InChI=1S/C32H47N8O17P3S/c1-32(2,27(44)30(45)35-12-11-22(41)34-13-14-61-23(42)10-7-19-5-8-20(9-6-19)39(3)4)16-54-60(51,52)57-59(49,50)53-15-21-26(56-58(46,47)48)25(43)31(55-21)40-18-38-24-28(33)36-17-37-29(24)40/h5-10,17-18,21,25-27,31,43-44H,11-16H2,1-4H3,(H,34,41)(H,35,45)(H,49,50)(H,51,52)(H2,33,36,37)(H2,46,47,48)/b10-7+/t21-,25+,26+,27-,31+/m1/s1. The quantitative estimate of drug-likeness (QED) is 0.0375. The molecule has 0 saturated carbocycles. The van der Waals surface area contributed by atoms with Gasteiger partial charge in [0.2, 0.25) is 16.9 Å². The van der Waals surface area contributed by atoms with Gasteiger partial charge < -0.3 is 55.8 Å². The van der Waals surface area contributed by atoms with E-state index in [9.17, 15) is 57.9 Å². The van der Waals surface area contributed by atoms with Crippen molar-refractivity contribution in [2.75, 3.05) is 56.8 Å². The van der Waals surface area contributed by atoms with Crippen molar-refractivity contribution in [2.24, 2.45) is 5.41 Å². The summed E-state index contributed by atoms with van der Waals surface area (Å²) in [6.07, 6.45) is -3.86. The molecule has 1 aliphatic heterocycles. The molecule has 2 unspecified atom stereocenters. The molecular weight excluding hydrogens is 893 g/mol. The second kappa shape index (κ2) is 21.1. The van der Waals surface area contributed by atoms with E-state index >= 15 is 0 Å². The molecule has 29 heteroatoms. The smallest absolute Gasteiger partial charge is 0.386 e. The molecule has 1 aliphatic rings. The Kier molecular flexibility index (Phi) is 17.3. The number of benzene rings is 1. The van der Waals surface area contributed by atoms with Crippen molar-refractivity contribution in [1.29, 1.82) is 0 Å². The summed E-state index contributed by atoms with van der Waals surface area (Å²) < 4.78 is 62.2. The molecule has 0 bridgehead atoms. The van der Waals surface area contributed by atoms with E-state index in [1.807, 2.05) is 43.3 Å². The number of nitrogens with zero attached hydrogens (tertiary/aromatic N) is 5. The van der Waals surface area contributed by atoms with Crippen LogP contribution in [0.5, 0.6) is 0 Å². The number of anilines is 2. The lowest BCUT2D eigenvalue weighted by molar-refractivity contribution is -0.137. The molecule has 0 aliphatic carbocycles. The largest absolute Gasteiger partial charge is 0.481 e. The summed E-state index contributed by atoms with van der Waals surface area (Å²) in [7, 11) is -12.6. The zero-order valence-electron chi connectivity index (χ0n) is 33.0. The van der Waals surface area contributed by atoms with Gasteiger partial charge in [-0.15, -0.1) is 0 Å². The van der Waals surface area contributed by atoms with Gasteiger partial charge in [0.1, 0.15) is 36.3 Å². The highest BCUT2D eigenvalue weighted by Crippen LogP contribution is 2.61. The third-order valence-corrected chi connectivity index (χ3v) is 12.5. The molecule has 1 saturated heterocycles. The molecule has 4 rings (SSSR count). The summed E-state index contributed by atoms with van der Waals surface area (Å²) in [5.41, 5.74) is 6.12. The van der Waals surface area contributed by atoms with Gasteiger partial charge in [0.05, 0.1) is 19.5 Å². The molecule has 10 N–H and O–H groups in total. The molecule has 3 heterocycles. The van der Waals surface area contributed by atoms with Crippen LogP contribution in [-0.4, -0.2) is 137 Å². The summed E-state index contributed by atoms with van der Waals surface area (Å²) in [5.74, 6) is -1.20. The van der Waals surface area contributed by atoms with E-state index in [4.69, 9.17) is 19.5 Å². The van der Waals surface area contributed by atoms with E-state index in [2.05, 4.69) is 34.4 Å². The highest BCUT2D eigenvalue weighted by Gasteiger charge is 2.50. The van der Waals surface area contributed by atoms with E-state index in [1.165, 1.54) is 19.9 Å². The number of nitrogens with two attached hydrogens (primary N) is 1. The number of fused-ring (bicyclic) bond motifs is 1. The van der Waals surface area contributed by atoms with Crippen molar-refractivity contribution in [3.63, 3.8) is 0 Å². The molecule has 0 radical (unpaired) electrons. The number of ether oxygens (including phenoxy) is 1. The second-order valence-corrected chi connectivity index (χ2v) is 19.4. The van der Waals surface area contributed by atoms with Crippen LogP contribution in [-0.2, 0) is 50.7 Å². The van der Waals surface area contributed by atoms with Crippen LogP contribution in [0.4, 0.5) is 11.5 Å². The molecule has 25 nitrogen and oxygen atoms in total. The molecular formula is C32H47N8O17P3S. The van der Waals surface area contributed by atoms with Crippen molar-refractivity contribution in [2.45, 2.75) is 50.9 Å². The molecule has 7 atom stereocenters. The Morgan fingerprint density at radius 3 is 2.36 bits per heavy atom. The Balaban J connectivity index is 1.19. The van der Waals surface area contributed by atoms with Crippen LogP contribution in [0.3, 0.4) is 0 Å². The Bertz CT molecular complexity index is 2190. The summed E-state index contributed by atoms with van der Waals surface area (Å²) in [5, 5.41) is 26.2. The summed E-state index contributed by atoms with van der Waals surface area (Å²) in [6.45, 7) is 0.417. The lowest BCUT2D eigenvalue weighted by Gasteiger charge is -2.30. The van der Waals surface area contributed by atoms with Gasteiger partial charge in [-0.25, -0.2) is 28.6 Å². The Morgan fingerprint density at radius 2 is 1.70 bits per heavy atom. The number of phosphoric ester groups is 3. The average molecular weight is 941 g/mol. The molecule has 1 aromatic carbocycles. The number of hydrogen-bond acceptors (Lipinski definition) is 19. The minimum absolute atomic E-state index is 0.0278. The van der Waals surface area contributed by atoms with Crippen molar-refractivity contribution < 1.29 is 80.5 Å². The number of imidazole rings is 1. The number of aliphatic hydroxyl groups excluding tert-OH is 2. The third kappa shape index (κ3) is 15.0. The lowest BCUT2D eigenvalue weighted by Crippen LogP contribution is -2.46. The zero-order chi connectivity index (χ0) is 45.3. The van der Waals surface area contributed by atoms with E-state index in [0.29, 0.717) is 0 Å². The van der Waals surface area contributed by atoms with E-state index in [-0.39, 0.29) is 47.4 Å². The number of phosphoric acid groups is 3. The maximum absolute atomic E-state index is 12.7. The van der Waals surface area contributed by atoms with Gasteiger partial charge >= 0.3 is 23.5 Å². The van der Waals surface area contributed by atoms with Crippen LogP contribution in [0.2, 0.25) is 0 Å². The molecule has 0 spiro atoms. The monoisotopic (exact) mass is 940 g/mol. The molecule has 1 fully saturated rings. The van der Waals surface area contributed by atoms with Gasteiger partial charge in [-0.2, -0.15) is 4.31 Å². The first kappa shape index (κ1) is 50.0. The van der Waals surface area contributed by atoms with Crippen molar-refractivity contribution >= 4 is 80.9 Å². The fourth-order valence-electron chi connectivity index (χ4n) is 5.38. The minimum Gasteiger partial charge on any atom is -0.386 e. The average Bonchev–Trinajstić information content (AvgIpc) is 3.73. The fraction of sp³-hybridized carbons (Fsp3) is 0.500. The van der Waals surface area contributed by atoms with E-state index in [0.717, 1.165) is 40.2 Å². The maximum Gasteiger partial charge on any atom is 0.481 e. The first-order chi connectivity index (χ1) is 28.4. The van der Waals surface area contributed by atoms with Crippen molar-refractivity contribution in [3.05, 3.63) is 48.6 Å². The summed E-state index contributed by atoms with van der Waals surface area (Å²) >= 11 is 1.00. The molecule has 3 aromatic rings. The van der Waals surface area contributed by atoms with E-state index < -0.39 is 84.6 Å². The number of carbonyl (C=O) groups is 3. The third-order valence-electron chi connectivity index (χ3n) is 8.57. The van der Waals surface area contributed by atoms with Gasteiger partial charge in [-0.3, -0.25) is 32.5 Å². The number of aromatic nitrogens is 4. The van der Waals surface area contributed by atoms with Crippen molar-refractivity contribution in [3.8, 4) is 0 Å². The van der Waals surface area contributed by atoms with Crippen molar-refractivity contribution in [1.82, 2.24) is 30.2 Å². The SMILES string of the molecule is CN(C)c1ccc(/C=C/C(=O)SCCNC(=O)CCNC(=O)[C@@H](O)C(C)(C)COP(=O)(O)OP(=O)(O)OC[C@H]2O[C@H](n3cnc4c(N)ncnc43)[C@@H](O)[C@H]2OP(=O)(O)O)cc1. The van der Waals surface area contributed by atoms with Gasteiger partial charge in [0, 0.05) is 50.5 Å². The number of rotatable bonds is 22. The predicted molar refractivity (Wildman–Crippen MR) is 217 cm³/mol. The number of hydrogen-bond donors (Lipinski definition) is 9. The second-order valence-electron chi connectivity index (χ2n) is 14.1. The minimum atomic E-state index is -5.58. The summed E-state index contributed by atoms with van der Waals surface area (Å²) in [4.78, 5) is 90.0. The lowest BCUT2D eigenvalue weighted by atomic mass is 9.87. The maximum atomic E-state index is 12.7. The number of nitrogens with one attached hydrogen (secondary N) is 2. The van der Waals surface area contributed by atoms with E-state index in [1.54, 1.807) is 6.08 Å². The predicted octanol–water partition coefficient (Wildman–Crippen LogP) is 0.444. The normalized spacial score (nSPS) is 20.9. The number of aliphatic hydroxyl groups is 2. The number of carbonyl (C=O) groups excluding carboxylic acids is 3. The van der Waals surface area contributed by atoms with Crippen LogP contribution in [0.15, 0.2) is 43.0 Å². The molecule has 338 valence electrons. The first-order valence-corrected chi connectivity index (χ1v) is 23.4. The van der Waals surface area contributed by atoms with Crippen LogP contribution >= 0.6 is 35.2 Å². The molecule has 2 amide bonds. The number of thioether (sulfide) groups is 1. The van der Waals surface area contributed by atoms with Crippen LogP contribution in [0.1, 0.15) is 32.1 Å². The fourth-order valence-corrected chi connectivity index (χ4v) is 8.78. The Morgan fingerprint density at radius 1 is 1.03 bits per heavy atom.